The first kappa shape index (κ1) is 11.5. The van der Waals surface area contributed by atoms with E-state index >= 15 is 0 Å². The van der Waals surface area contributed by atoms with Gasteiger partial charge in [0.05, 0.1) is 5.69 Å². The highest BCUT2D eigenvalue weighted by Gasteiger charge is 2.22. The van der Waals surface area contributed by atoms with Gasteiger partial charge in [0.15, 0.2) is 0 Å². The fourth-order valence-corrected chi connectivity index (χ4v) is 3.48. The smallest absolute Gasteiger partial charge is 0.0519 e. The van der Waals surface area contributed by atoms with Gasteiger partial charge in [-0.05, 0) is 66.3 Å². The van der Waals surface area contributed by atoms with Crippen LogP contribution in [0.3, 0.4) is 0 Å². The first-order valence-electron chi connectivity index (χ1n) is 6.59. The Balaban J connectivity index is 1.69. The molecule has 1 aromatic rings. The molecule has 1 unspecified atom stereocenters. The molecule has 17 heavy (non-hydrogen) atoms. The van der Waals surface area contributed by atoms with Gasteiger partial charge in [0.25, 0.3) is 0 Å². The molecule has 1 saturated heterocycles. The molecule has 3 rings (SSSR count). The molecule has 1 aromatic carbocycles. The molecule has 0 bridgehead atoms. The quantitative estimate of drug-likeness (QED) is 0.901. The number of benzene rings is 1. The van der Waals surface area contributed by atoms with Gasteiger partial charge in [-0.3, -0.25) is 0 Å². The van der Waals surface area contributed by atoms with E-state index in [1.54, 1.807) is 0 Å². The summed E-state index contributed by atoms with van der Waals surface area (Å²) in [6.07, 6.45) is 5.24. The van der Waals surface area contributed by atoms with Crippen molar-refractivity contribution in [3.05, 3.63) is 28.2 Å². The van der Waals surface area contributed by atoms with Crippen LogP contribution in [0.15, 0.2) is 22.7 Å². The molecule has 3 heteroatoms. The van der Waals surface area contributed by atoms with Crippen molar-refractivity contribution in [2.24, 2.45) is 0 Å². The summed E-state index contributed by atoms with van der Waals surface area (Å²) in [6, 6.07) is 7.12. The number of aryl methyl sites for hydroxylation is 1. The van der Waals surface area contributed by atoms with Crippen LogP contribution in [0, 0.1) is 0 Å². The number of nitrogens with zero attached hydrogens (tertiary/aromatic N) is 1. The molecular formula is C14H19BrN2. The summed E-state index contributed by atoms with van der Waals surface area (Å²) in [4.78, 5) is 2.60. The molecular weight excluding hydrogens is 276 g/mol. The van der Waals surface area contributed by atoms with Gasteiger partial charge in [-0.1, -0.05) is 12.1 Å². The molecule has 1 atom stereocenters. The van der Waals surface area contributed by atoms with Gasteiger partial charge >= 0.3 is 0 Å². The second kappa shape index (κ2) is 4.99. The predicted molar refractivity (Wildman–Crippen MR) is 75.5 cm³/mol. The number of anilines is 1. The predicted octanol–water partition coefficient (Wildman–Crippen LogP) is 3.27. The Morgan fingerprint density at radius 2 is 2.12 bits per heavy atom. The Morgan fingerprint density at radius 3 is 2.94 bits per heavy atom. The summed E-state index contributed by atoms with van der Waals surface area (Å²) in [5.41, 5.74) is 2.78. The first-order valence-corrected chi connectivity index (χ1v) is 7.38. The van der Waals surface area contributed by atoms with E-state index < -0.39 is 0 Å². The molecule has 2 heterocycles. The lowest BCUT2D eigenvalue weighted by atomic mass is 9.98. The van der Waals surface area contributed by atoms with Gasteiger partial charge in [-0.2, -0.15) is 0 Å². The fourth-order valence-electron chi connectivity index (χ4n) is 2.96. The van der Waals surface area contributed by atoms with Gasteiger partial charge < -0.3 is 10.2 Å². The maximum absolute atomic E-state index is 3.70. The van der Waals surface area contributed by atoms with Gasteiger partial charge in [0.1, 0.15) is 0 Å². The molecule has 2 nitrogen and oxygen atoms in total. The lowest BCUT2D eigenvalue weighted by Gasteiger charge is -2.31. The number of fused-ring (bicyclic) bond motifs is 1. The molecule has 2 aliphatic heterocycles. The summed E-state index contributed by atoms with van der Waals surface area (Å²) >= 11 is 3.65. The van der Waals surface area contributed by atoms with Gasteiger partial charge in [0, 0.05) is 17.1 Å². The molecule has 0 saturated carbocycles. The maximum atomic E-state index is 3.70. The Hall–Kier alpha value is -0.540. The minimum atomic E-state index is 0.624. The Morgan fingerprint density at radius 1 is 1.29 bits per heavy atom. The number of hydrogen-bond acceptors (Lipinski definition) is 2. The molecule has 1 fully saturated rings. The SMILES string of the molecule is Brc1cccc2c1NC(CN1CCCC1)CC2. The zero-order valence-corrected chi connectivity index (χ0v) is 11.7. The zero-order valence-electron chi connectivity index (χ0n) is 10.1. The summed E-state index contributed by atoms with van der Waals surface area (Å²) < 4.78 is 1.21. The van der Waals surface area contributed by atoms with E-state index in [-0.39, 0.29) is 0 Å². The molecule has 2 aliphatic rings. The third-order valence-electron chi connectivity index (χ3n) is 3.89. The molecule has 0 radical (unpaired) electrons. The van der Waals surface area contributed by atoms with Crippen LogP contribution in [-0.4, -0.2) is 30.6 Å². The van der Waals surface area contributed by atoms with Crippen molar-refractivity contribution >= 4 is 21.6 Å². The standard InChI is InChI=1S/C14H19BrN2/c15-13-5-3-4-11-6-7-12(16-14(11)13)10-17-8-1-2-9-17/h3-5,12,16H,1-2,6-10H2. The van der Waals surface area contributed by atoms with E-state index in [9.17, 15) is 0 Å². The minimum absolute atomic E-state index is 0.624. The average molecular weight is 295 g/mol. The van der Waals surface area contributed by atoms with E-state index in [0.717, 1.165) is 0 Å². The highest BCUT2D eigenvalue weighted by Crippen LogP contribution is 2.32. The number of likely N-dealkylation sites (tertiary alicyclic amines) is 1. The Bertz CT molecular complexity index is 399. The monoisotopic (exact) mass is 294 g/mol. The van der Waals surface area contributed by atoms with Crippen LogP contribution in [-0.2, 0) is 6.42 Å². The van der Waals surface area contributed by atoms with Crippen LogP contribution in [0.5, 0.6) is 0 Å². The highest BCUT2D eigenvalue weighted by molar-refractivity contribution is 9.10. The van der Waals surface area contributed by atoms with E-state index in [0.29, 0.717) is 6.04 Å². The number of rotatable bonds is 2. The summed E-state index contributed by atoms with van der Waals surface area (Å²) in [6.45, 7) is 3.79. The van der Waals surface area contributed by atoms with E-state index in [2.05, 4.69) is 44.3 Å². The van der Waals surface area contributed by atoms with Crippen molar-refractivity contribution in [1.82, 2.24) is 4.90 Å². The van der Waals surface area contributed by atoms with Gasteiger partial charge in [0.2, 0.25) is 0 Å². The molecule has 1 N–H and O–H groups in total. The molecule has 0 amide bonds. The maximum Gasteiger partial charge on any atom is 0.0519 e. The molecule has 0 aromatic heterocycles. The molecule has 92 valence electrons. The normalized spacial score (nSPS) is 24.4. The average Bonchev–Trinajstić information content (AvgIpc) is 2.83. The van der Waals surface area contributed by atoms with E-state index in [1.165, 1.54) is 61.0 Å². The van der Waals surface area contributed by atoms with Crippen LogP contribution >= 0.6 is 15.9 Å². The van der Waals surface area contributed by atoms with E-state index in [4.69, 9.17) is 0 Å². The topological polar surface area (TPSA) is 15.3 Å². The third kappa shape index (κ3) is 2.50. The Kier molecular flexibility index (Phi) is 3.39. The van der Waals surface area contributed by atoms with Crippen LogP contribution < -0.4 is 5.32 Å². The number of hydrogen-bond donors (Lipinski definition) is 1. The molecule has 0 spiro atoms. The van der Waals surface area contributed by atoms with Crippen molar-refractivity contribution < 1.29 is 0 Å². The minimum Gasteiger partial charge on any atom is -0.380 e. The van der Waals surface area contributed by atoms with Crippen molar-refractivity contribution in [3.8, 4) is 0 Å². The number of para-hydroxylation sites is 1. The lowest BCUT2D eigenvalue weighted by Crippen LogP contribution is -2.37. The largest absolute Gasteiger partial charge is 0.380 e. The summed E-state index contributed by atoms with van der Waals surface area (Å²) in [5, 5.41) is 3.70. The van der Waals surface area contributed by atoms with Crippen LogP contribution in [0.1, 0.15) is 24.8 Å². The van der Waals surface area contributed by atoms with Gasteiger partial charge in [-0.25, -0.2) is 0 Å². The van der Waals surface area contributed by atoms with Crippen molar-refractivity contribution in [1.29, 1.82) is 0 Å². The summed E-state index contributed by atoms with van der Waals surface area (Å²) in [5.74, 6) is 0. The fraction of sp³-hybridized carbons (Fsp3) is 0.571. The van der Waals surface area contributed by atoms with Crippen molar-refractivity contribution in [2.75, 3.05) is 25.0 Å². The second-order valence-corrected chi connectivity index (χ2v) is 6.02. The van der Waals surface area contributed by atoms with Crippen LogP contribution in [0.4, 0.5) is 5.69 Å². The first-order chi connectivity index (χ1) is 8.33. The Labute approximate surface area is 112 Å². The van der Waals surface area contributed by atoms with Crippen molar-refractivity contribution in [3.63, 3.8) is 0 Å². The van der Waals surface area contributed by atoms with Crippen LogP contribution in [0.2, 0.25) is 0 Å². The van der Waals surface area contributed by atoms with E-state index in [1.807, 2.05) is 0 Å². The second-order valence-electron chi connectivity index (χ2n) is 5.16. The highest BCUT2D eigenvalue weighted by atomic mass is 79.9. The third-order valence-corrected chi connectivity index (χ3v) is 4.55. The lowest BCUT2D eigenvalue weighted by molar-refractivity contribution is 0.314. The number of nitrogens with one attached hydrogen (secondary N) is 1. The molecule has 0 aliphatic carbocycles. The number of halogens is 1. The van der Waals surface area contributed by atoms with Crippen molar-refractivity contribution in [2.45, 2.75) is 31.7 Å². The zero-order chi connectivity index (χ0) is 11.7. The van der Waals surface area contributed by atoms with Crippen LogP contribution in [0.25, 0.3) is 0 Å². The summed E-state index contributed by atoms with van der Waals surface area (Å²) in [7, 11) is 0. The van der Waals surface area contributed by atoms with Gasteiger partial charge in [-0.15, -0.1) is 0 Å².